The van der Waals surface area contributed by atoms with Crippen molar-refractivity contribution in [3.05, 3.63) is 35.4 Å². The standard InChI is InChI=1S/C20H24N2O6/c1-12-10-21(18(26)27-19(2,3)4)11-20(12,5)17(25)28-22-15(23)13-8-6-7-9-14(13)16(22)24/h6-9,12H,10-11H2,1-5H3/t12-,20-/m0/s1. The first-order valence-electron chi connectivity index (χ1n) is 9.12. The molecule has 2 aliphatic heterocycles. The normalized spacial score (nSPS) is 24.4. The lowest BCUT2D eigenvalue weighted by Crippen LogP contribution is -2.43. The van der Waals surface area contributed by atoms with Crippen LogP contribution < -0.4 is 0 Å². The molecule has 0 N–H and O–H groups in total. The van der Waals surface area contributed by atoms with E-state index in [9.17, 15) is 19.2 Å². The van der Waals surface area contributed by atoms with Gasteiger partial charge in [-0.1, -0.05) is 24.1 Å². The van der Waals surface area contributed by atoms with Crippen LogP contribution in [-0.2, 0) is 14.4 Å². The number of nitrogens with zero attached hydrogens (tertiary/aromatic N) is 2. The number of carbonyl (C=O) groups is 4. The Hall–Kier alpha value is -2.90. The van der Waals surface area contributed by atoms with E-state index in [1.165, 1.54) is 17.0 Å². The molecule has 2 aliphatic rings. The SMILES string of the molecule is C[C@H]1CN(C(=O)OC(C)(C)C)C[C@]1(C)C(=O)ON1C(=O)c2ccccc2C1=O. The minimum atomic E-state index is -1.08. The third-order valence-corrected chi connectivity index (χ3v) is 5.15. The lowest BCUT2D eigenvalue weighted by molar-refractivity contribution is -0.181. The molecular formula is C20H24N2O6. The van der Waals surface area contributed by atoms with Crippen LogP contribution in [0, 0.1) is 11.3 Å². The average Bonchev–Trinajstić information content (AvgIpc) is 3.04. The molecule has 1 saturated heterocycles. The summed E-state index contributed by atoms with van der Waals surface area (Å²) in [5, 5.41) is 0.501. The second-order valence-electron chi connectivity index (χ2n) is 8.51. The van der Waals surface area contributed by atoms with Crippen molar-refractivity contribution in [2.75, 3.05) is 13.1 Å². The smallest absolute Gasteiger partial charge is 0.410 e. The second kappa shape index (κ2) is 6.61. The fraction of sp³-hybridized carbons (Fsp3) is 0.500. The fourth-order valence-electron chi connectivity index (χ4n) is 3.32. The quantitative estimate of drug-likeness (QED) is 0.723. The number of carbonyl (C=O) groups excluding carboxylic acids is 4. The third kappa shape index (κ3) is 3.34. The van der Waals surface area contributed by atoms with Crippen molar-refractivity contribution >= 4 is 23.9 Å². The number of amides is 3. The van der Waals surface area contributed by atoms with E-state index in [1.54, 1.807) is 39.8 Å². The van der Waals surface area contributed by atoms with E-state index in [-0.39, 0.29) is 23.6 Å². The van der Waals surface area contributed by atoms with Gasteiger partial charge in [0.1, 0.15) is 5.60 Å². The Morgan fingerprint density at radius 3 is 2.14 bits per heavy atom. The lowest BCUT2D eigenvalue weighted by atomic mass is 9.81. The molecule has 0 aliphatic carbocycles. The minimum absolute atomic E-state index is 0.0745. The number of hydrogen-bond donors (Lipinski definition) is 0. The Bertz CT molecular complexity index is 823. The maximum atomic E-state index is 12.9. The van der Waals surface area contributed by atoms with Crippen LogP contribution in [0.5, 0.6) is 0 Å². The third-order valence-electron chi connectivity index (χ3n) is 5.15. The maximum Gasteiger partial charge on any atom is 0.410 e. The Labute approximate surface area is 163 Å². The van der Waals surface area contributed by atoms with Crippen LogP contribution in [0.2, 0.25) is 0 Å². The van der Waals surface area contributed by atoms with Crippen molar-refractivity contribution in [1.82, 2.24) is 9.96 Å². The van der Waals surface area contributed by atoms with Gasteiger partial charge in [0, 0.05) is 13.1 Å². The highest BCUT2D eigenvalue weighted by Gasteiger charge is 2.52. The van der Waals surface area contributed by atoms with Crippen LogP contribution in [-0.4, -0.2) is 52.5 Å². The van der Waals surface area contributed by atoms with E-state index in [0.29, 0.717) is 11.6 Å². The van der Waals surface area contributed by atoms with Crippen LogP contribution in [0.15, 0.2) is 24.3 Å². The van der Waals surface area contributed by atoms with Crippen LogP contribution in [0.1, 0.15) is 55.3 Å². The Morgan fingerprint density at radius 2 is 1.64 bits per heavy atom. The van der Waals surface area contributed by atoms with Gasteiger partial charge in [0.15, 0.2) is 0 Å². The number of benzene rings is 1. The van der Waals surface area contributed by atoms with Crippen molar-refractivity contribution in [3.63, 3.8) is 0 Å². The fourth-order valence-corrected chi connectivity index (χ4v) is 3.32. The molecule has 28 heavy (non-hydrogen) atoms. The zero-order chi connectivity index (χ0) is 20.9. The van der Waals surface area contributed by atoms with E-state index in [1.807, 2.05) is 6.92 Å². The van der Waals surface area contributed by atoms with Gasteiger partial charge in [-0.2, -0.15) is 0 Å². The lowest BCUT2D eigenvalue weighted by Gasteiger charge is -2.27. The number of hydroxylamine groups is 2. The van der Waals surface area contributed by atoms with Gasteiger partial charge in [-0.15, -0.1) is 0 Å². The topological polar surface area (TPSA) is 93.2 Å². The number of imide groups is 1. The van der Waals surface area contributed by atoms with E-state index < -0.39 is 34.9 Å². The van der Waals surface area contributed by atoms with Crippen molar-refractivity contribution in [2.45, 2.75) is 40.2 Å². The zero-order valence-corrected chi connectivity index (χ0v) is 16.6. The first-order chi connectivity index (χ1) is 12.9. The molecule has 8 nitrogen and oxygen atoms in total. The van der Waals surface area contributed by atoms with Crippen molar-refractivity contribution in [3.8, 4) is 0 Å². The molecule has 1 aromatic carbocycles. The molecular weight excluding hydrogens is 364 g/mol. The summed E-state index contributed by atoms with van der Waals surface area (Å²) in [5.41, 5.74) is -1.34. The first kappa shape index (κ1) is 19.9. The van der Waals surface area contributed by atoms with E-state index >= 15 is 0 Å². The molecule has 1 fully saturated rings. The average molecular weight is 388 g/mol. The van der Waals surface area contributed by atoms with Gasteiger partial charge < -0.3 is 14.5 Å². The zero-order valence-electron chi connectivity index (χ0n) is 16.6. The summed E-state index contributed by atoms with van der Waals surface area (Å²) in [6, 6.07) is 6.28. The molecule has 1 aromatic rings. The highest BCUT2D eigenvalue weighted by molar-refractivity contribution is 6.20. The van der Waals surface area contributed by atoms with Gasteiger partial charge in [-0.05, 0) is 45.7 Å². The van der Waals surface area contributed by atoms with Crippen molar-refractivity contribution in [2.24, 2.45) is 11.3 Å². The molecule has 3 rings (SSSR count). The summed E-state index contributed by atoms with van der Waals surface area (Å²) < 4.78 is 5.37. The molecule has 0 aromatic heterocycles. The van der Waals surface area contributed by atoms with Gasteiger partial charge in [0.05, 0.1) is 16.5 Å². The van der Waals surface area contributed by atoms with Gasteiger partial charge in [0.2, 0.25) is 0 Å². The molecule has 0 radical (unpaired) electrons. The number of hydrogen-bond acceptors (Lipinski definition) is 6. The van der Waals surface area contributed by atoms with Crippen LogP contribution in [0.4, 0.5) is 4.79 Å². The van der Waals surface area contributed by atoms with Crippen molar-refractivity contribution < 1.29 is 28.8 Å². The van der Waals surface area contributed by atoms with E-state index in [0.717, 1.165) is 0 Å². The molecule has 2 heterocycles. The molecule has 0 spiro atoms. The van der Waals surface area contributed by atoms with Gasteiger partial charge in [-0.25, -0.2) is 9.59 Å². The molecule has 0 unspecified atom stereocenters. The second-order valence-corrected chi connectivity index (χ2v) is 8.51. The number of ether oxygens (including phenoxy) is 1. The highest BCUT2D eigenvalue weighted by atomic mass is 16.7. The van der Waals surface area contributed by atoms with E-state index in [4.69, 9.17) is 9.57 Å². The number of likely N-dealkylation sites (tertiary alicyclic amines) is 1. The Kier molecular flexibility index (Phi) is 4.69. The summed E-state index contributed by atoms with van der Waals surface area (Å²) in [7, 11) is 0. The minimum Gasteiger partial charge on any atom is -0.444 e. The Balaban J connectivity index is 1.73. The summed E-state index contributed by atoms with van der Waals surface area (Å²) in [4.78, 5) is 56.7. The van der Waals surface area contributed by atoms with Crippen LogP contribution >= 0.6 is 0 Å². The monoisotopic (exact) mass is 388 g/mol. The largest absolute Gasteiger partial charge is 0.444 e. The van der Waals surface area contributed by atoms with Crippen LogP contribution in [0.25, 0.3) is 0 Å². The van der Waals surface area contributed by atoms with Gasteiger partial charge in [0.25, 0.3) is 11.8 Å². The van der Waals surface area contributed by atoms with Crippen molar-refractivity contribution in [1.29, 1.82) is 0 Å². The molecule has 2 atom stereocenters. The molecule has 150 valence electrons. The van der Waals surface area contributed by atoms with Gasteiger partial charge >= 0.3 is 12.1 Å². The molecule has 0 bridgehead atoms. The molecule has 8 heteroatoms. The number of fused-ring (bicyclic) bond motifs is 1. The Morgan fingerprint density at radius 1 is 1.11 bits per heavy atom. The first-order valence-corrected chi connectivity index (χ1v) is 9.12. The highest BCUT2D eigenvalue weighted by Crippen LogP contribution is 2.38. The van der Waals surface area contributed by atoms with E-state index in [2.05, 4.69) is 0 Å². The summed E-state index contributed by atoms with van der Waals surface area (Å²) >= 11 is 0. The molecule has 3 amide bonds. The van der Waals surface area contributed by atoms with Crippen LogP contribution in [0.3, 0.4) is 0 Å². The maximum absolute atomic E-state index is 12.9. The number of rotatable bonds is 2. The summed E-state index contributed by atoms with van der Waals surface area (Å²) in [6.45, 7) is 9.14. The predicted molar refractivity (Wildman–Crippen MR) is 98.1 cm³/mol. The predicted octanol–water partition coefficient (Wildman–Crippen LogP) is 2.63. The van der Waals surface area contributed by atoms with Gasteiger partial charge in [-0.3, -0.25) is 9.59 Å². The summed E-state index contributed by atoms with van der Waals surface area (Å²) in [6.07, 6.45) is -0.517. The summed E-state index contributed by atoms with van der Waals surface area (Å²) in [5.74, 6) is -2.33. The molecule has 0 saturated carbocycles.